The molecule has 1 fully saturated rings. The van der Waals surface area contributed by atoms with Gasteiger partial charge in [0.1, 0.15) is 0 Å². The van der Waals surface area contributed by atoms with Crippen molar-refractivity contribution in [1.29, 1.82) is 0 Å². The number of aromatic nitrogens is 3. The van der Waals surface area contributed by atoms with Crippen molar-refractivity contribution in [3.8, 4) is 11.3 Å². The first-order valence-corrected chi connectivity index (χ1v) is 9.86. The van der Waals surface area contributed by atoms with Crippen LogP contribution in [0.2, 0.25) is 0 Å². The number of hydrogen-bond donors (Lipinski definition) is 1. The zero-order valence-corrected chi connectivity index (χ0v) is 16.2. The van der Waals surface area contributed by atoms with Crippen LogP contribution in [0.15, 0.2) is 54.9 Å². The van der Waals surface area contributed by atoms with Gasteiger partial charge < -0.3 is 5.32 Å². The standard InChI is InChI=1S/C22H21F3N4O/c23-22(24,25)17-5-3-4-16(12-17)21(30)27-14-18-13-20(15-8-10-26-11-9-15)29(28-18)19-6-1-2-7-19/h3-5,8-13,19H,1-2,6-7,14H2,(H,27,30). The summed E-state index contributed by atoms with van der Waals surface area (Å²) >= 11 is 0. The Morgan fingerprint density at radius 3 is 2.53 bits per heavy atom. The summed E-state index contributed by atoms with van der Waals surface area (Å²) < 4.78 is 40.7. The third-order valence-electron chi connectivity index (χ3n) is 5.32. The molecule has 1 aromatic carbocycles. The van der Waals surface area contributed by atoms with Crippen LogP contribution in [0.5, 0.6) is 0 Å². The zero-order chi connectivity index (χ0) is 21.1. The Morgan fingerprint density at radius 1 is 1.10 bits per heavy atom. The molecule has 0 atom stereocenters. The molecule has 0 spiro atoms. The van der Waals surface area contributed by atoms with Crippen LogP contribution in [0.1, 0.15) is 53.3 Å². The smallest absolute Gasteiger partial charge is 0.346 e. The summed E-state index contributed by atoms with van der Waals surface area (Å²) in [5, 5.41) is 7.37. The summed E-state index contributed by atoms with van der Waals surface area (Å²) in [6.45, 7) is 0.132. The first-order valence-electron chi connectivity index (χ1n) is 9.86. The lowest BCUT2D eigenvalue weighted by atomic mass is 10.1. The molecule has 1 saturated carbocycles. The number of carbonyl (C=O) groups excluding carboxylic acids is 1. The van der Waals surface area contributed by atoms with Gasteiger partial charge in [-0.15, -0.1) is 0 Å². The maximum Gasteiger partial charge on any atom is 0.416 e. The van der Waals surface area contributed by atoms with Crippen LogP contribution >= 0.6 is 0 Å². The van der Waals surface area contributed by atoms with Gasteiger partial charge in [0, 0.05) is 23.5 Å². The molecule has 1 aliphatic carbocycles. The highest BCUT2D eigenvalue weighted by Crippen LogP contribution is 2.33. The Morgan fingerprint density at radius 2 is 1.83 bits per heavy atom. The van der Waals surface area contributed by atoms with Gasteiger partial charge in [-0.2, -0.15) is 18.3 Å². The average Bonchev–Trinajstić information content (AvgIpc) is 3.42. The lowest BCUT2D eigenvalue weighted by Crippen LogP contribution is -2.23. The van der Waals surface area contributed by atoms with Gasteiger partial charge in [0.15, 0.2) is 0 Å². The van der Waals surface area contributed by atoms with Crippen LogP contribution in [-0.2, 0) is 12.7 Å². The molecule has 156 valence electrons. The van der Waals surface area contributed by atoms with E-state index in [2.05, 4.69) is 10.3 Å². The highest BCUT2D eigenvalue weighted by atomic mass is 19.4. The molecule has 0 bridgehead atoms. The molecule has 5 nitrogen and oxygen atoms in total. The van der Waals surface area contributed by atoms with E-state index in [4.69, 9.17) is 5.10 Å². The van der Waals surface area contributed by atoms with Gasteiger partial charge in [0.2, 0.25) is 0 Å². The zero-order valence-electron chi connectivity index (χ0n) is 16.2. The number of halogens is 3. The third kappa shape index (κ3) is 4.37. The van der Waals surface area contributed by atoms with Crippen molar-refractivity contribution in [1.82, 2.24) is 20.1 Å². The number of amides is 1. The fourth-order valence-corrected chi connectivity index (χ4v) is 3.81. The molecule has 2 aromatic heterocycles. The Balaban J connectivity index is 1.53. The minimum absolute atomic E-state index is 0.0330. The predicted octanol–water partition coefficient (Wildman–Crippen LogP) is 5.01. The maximum absolute atomic E-state index is 12.9. The number of alkyl halides is 3. The Bertz CT molecular complexity index is 1020. The summed E-state index contributed by atoms with van der Waals surface area (Å²) in [7, 11) is 0. The normalized spacial score (nSPS) is 14.8. The van der Waals surface area contributed by atoms with Crippen molar-refractivity contribution >= 4 is 5.91 Å². The van der Waals surface area contributed by atoms with Gasteiger partial charge in [0.05, 0.1) is 29.5 Å². The summed E-state index contributed by atoms with van der Waals surface area (Å²) in [6, 6.07) is 10.4. The van der Waals surface area contributed by atoms with Gasteiger partial charge in [0.25, 0.3) is 5.91 Å². The predicted molar refractivity (Wildman–Crippen MR) is 106 cm³/mol. The van der Waals surface area contributed by atoms with Gasteiger partial charge in [-0.25, -0.2) is 0 Å². The molecule has 3 aromatic rings. The number of rotatable bonds is 5. The van der Waals surface area contributed by atoms with Crippen LogP contribution in [0.3, 0.4) is 0 Å². The van der Waals surface area contributed by atoms with E-state index < -0.39 is 17.6 Å². The Kier molecular flexibility index (Phi) is 5.57. The van der Waals surface area contributed by atoms with Crippen LogP contribution in [0.25, 0.3) is 11.3 Å². The molecule has 1 amide bonds. The number of carbonyl (C=O) groups is 1. The Labute approximate surface area is 171 Å². The Hall–Kier alpha value is -3.16. The third-order valence-corrected chi connectivity index (χ3v) is 5.32. The van der Waals surface area contributed by atoms with E-state index in [1.807, 2.05) is 22.9 Å². The molecule has 0 saturated heterocycles. The molecule has 0 unspecified atom stereocenters. The van der Waals surface area contributed by atoms with Gasteiger partial charge in [-0.3, -0.25) is 14.5 Å². The molecule has 1 aliphatic rings. The van der Waals surface area contributed by atoms with E-state index in [1.54, 1.807) is 12.4 Å². The fraction of sp³-hybridized carbons (Fsp3) is 0.318. The van der Waals surface area contributed by atoms with Gasteiger partial charge >= 0.3 is 6.18 Å². The largest absolute Gasteiger partial charge is 0.416 e. The second kappa shape index (κ2) is 8.30. The molecule has 2 heterocycles. The fourth-order valence-electron chi connectivity index (χ4n) is 3.81. The first-order chi connectivity index (χ1) is 14.4. The number of nitrogens with zero attached hydrogens (tertiary/aromatic N) is 3. The van der Waals surface area contributed by atoms with Crippen molar-refractivity contribution in [3.05, 3.63) is 71.7 Å². The first kappa shape index (κ1) is 20.1. The minimum Gasteiger partial charge on any atom is -0.346 e. The van der Waals surface area contributed by atoms with E-state index in [0.717, 1.165) is 49.1 Å². The molecular weight excluding hydrogens is 393 g/mol. The molecule has 1 N–H and O–H groups in total. The van der Waals surface area contributed by atoms with E-state index >= 15 is 0 Å². The number of benzene rings is 1. The van der Waals surface area contributed by atoms with Crippen molar-refractivity contribution in [2.45, 2.75) is 44.4 Å². The van der Waals surface area contributed by atoms with Crippen molar-refractivity contribution < 1.29 is 18.0 Å². The summed E-state index contributed by atoms with van der Waals surface area (Å²) in [6.07, 6.45) is 3.36. The van der Waals surface area contributed by atoms with E-state index in [0.29, 0.717) is 11.7 Å². The lowest BCUT2D eigenvalue weighted by Gasteiger charge is -2.14. The summed E-state index contributed by atoms with van der Waals surface area (Å²) in [5.41, 5.74) is 1.72. The van der Waals surface area contributed by atoms with Gasteiger partial charge in [-0.1, -0.05) is 18.9 Å². The number of pyridine rings is 1. The summed E-state index contributed by atoms with van der Waals surface area (Å²) in [5.74, 6) is -0.568. The monoisotopic (exact) mass is 414 g/mol. The van der Waals surface area contributed by atoms with Crippen molar-refractivity contribution in [2.24, 2.45) is 0 Å². The second-order valence-electron chi connectivity index (χ2n) is 7.40. The van der Waals surface area contributed by atoms with Crippen molar-refractivity contribution in [3.63, 3.8) is 0 Å². The number of hydrogen-bond acceptors (Lipinski definition) is 3. The molecular formula is C22H21F3N4O. The van der Waals surface area contributed by atoms with Crippen LogP contribution in [0, 0.1) is 0 Å². The molecule has 8 heteroatoms. The SMILES string of the molecule is O=C(NCc1cc(-c2ccncc2)n(C2CCCC2)n1)c1cccc(C(F)(F)F)c1. The quantitative estimate of drug-likeness (QED) is 0.639. The summed E-state index contributed by atoms with van der Waals surface area (Å²) in [4.78, 5) is 16.4. The number of nitrogens with one attached hydrogen (secondary N) is 1. The maximum atomic E-state index is 12.9. The minimum atomic E-state index is -4.49. The van der Waals surface area contributed by atoms with Crippen LogP contribution in [-0.4, -0.2) is 20.7 Å². The highest BCUT2D eigenvalue weighted by molar-refractivity contribution is 5.94. The molecule has 0 aliphatic heterocycles. The van der Waals surface area contributed by atoms with Crippen LogP contribution in [0.4, 0.5) is 13.2 Å². The second-order valence-corrected chi connectivity index (χ2v) is 7.40. The molecule has 4 rings (SSSR count). The van der Waals surface area contributed by atoms with E-state index in [9.17, 15) is 18.0 Å². The van der Waals surface area contributed by atoms with E-state index in [-0.39, 0.29) is 12.1 Å². The molecule has 30 heavy (non-hydrogen) atoms. The highest BCUT2D eigenvalue weighted by Gasteiger charge is 2.31. The van der Waals surface area contributed by atoms with Gasteiger partial charge in [-0.05, 0) is 49.2 Å². The lowest BCUT2D eigenvalue weighted by molar-refractivity contribution is -0.137. The van der Waals surface area contributed by atoms with E-state index in [1.165, 1.54) is 12.1 Å². The topological polar surface area (TPSA) is 59.8 Å². The average molecular weight is 414 g/mol. The molecule has 0 radical (unpaired) electrons. The van der Waals surface area contributed by atoms with Crippen LogP contribution < -0.4 is 5.32 Å². The van der Waals surface area contributed by atoms with Crippen molar-refractivity contribution in [2.75, 3.05) is 0 Å².